The van der Waals surface area contributed by atoms with E-state index in [4.69, 9.17) is 14.2 Å². The number of amides is 1. The Kier molecular flexibility index (Phi) is 5.78. The smallest absolute Gasteiger partial charge is 0.251 e. The molecule has 1 N–H and O–H groups in total. The lowest BCUT2D eigenvalue weighted by Gasteiger charge is -2.13. The number of methoxy groups -OCH3 is 3. The van der Waals surface area contributed by atoms with Crippen LogP contribution in [0.4, 0.5) is 0 Å². The fourth-order valence-corrected chi connectivity index (χ4v) is 2.20. The van der Waals surface area contributed by atoms with Crippen molar-refractivity contribution in [1.82, 2.24) is 5.32 Å². The summed E-state index contributed by atoms with van der Waals surface area (Å²) in [4.78, 5) is 24.3. The highest BCUT2D eigenvalue weighted by Crippen LogP contribution is 2.38. The van der Waals surface area contributed by atoms with E-state index in [1.54, 1.807) is 36.4 Å². The summed E-state index contributed by atoms with van der Waals surface area (Å²) in [5, 5.41) is 2.60. The molecule has 0 fully saturated rings. The van der Waals surface area contributed by atoms with Gasteiger partial charge in [-0.1, -0.05) is 18.2 Å². The van der Waals surface area contributed by atoms with Crippen molar-refractivity contribution < 1.29 is 23.8 Å². The van der Waals surface area contributed by atoms with Gasteiger partial charge in [0, 0.05) is 11.1 Å². The zero-order valence-electron chi connectivity index (χ0n) is 13.8. The molecule has 0 bridgehead atoms. The lowest BCUT2D eigenvalue weighted by atomic mass is 10.1. The molecule has 6 nitrogen and oxygen atoms in total. The number of carbonyl (C=O) groups excluding carboxylic acids is 2. The Morgan fingerprint density at radius 2 is 1.46 bits per heavy atom. The van der Waals surface area contributed by atoms with Crippen molar-refractivity contribution >= 4 is 11.7 Å². The molecule has 0 spiro atoms. The fourth-order valence-electron chi connectivity index (χ4n) is 2.20. The summed E-state index contributed by atoms with van der Waals surface area (Å²) in [6.07, 6.45) is 0. The third-order valence-electron chi connectivity index (χ3n) is 3.43. The Balaban J connectivity index is 2.13. The Labute approximate surface area is 140 Å². The minimum atomic E-state index is -0.309. The number of hydrogen-bond acceptors (Lipinski definition) is 5. The number of carbonyl (C=O) groups is 2. The van der Waals surface area contributed by atoms with Crippen LogP contribution in [-0.4, -0.2) is 39.6 Å². The summed E-state index contributed by atoms with van der Waals surface area (Å²) in [6, 6.07) is 11.8. The SMILES string of the molecule is COc1cc(C(=O)CNC(=O)c2ccccc2)cc(OC)c1OC. The largest absolute Gasteiger partial charge is 0.493 e. The maximum Gasteiger partial charge on any atom is 0.251 e. The van der Waals surface area contributed by atoms with Gasteiger partial charge in [0.1, 0.15) is 0 Å². The van der Waals surface area contributed by atoms with Crippen LogP contribution in [0.25, 0.3) is 0 Å². The lowest BCUT2D eigenvalue weighted by molar-refractivity contribution is 0.0904. The van der Waals surface area contributed by atoms with Gasteiger partial charge in [0.25, 0.3) is 5.91 Å². The van der Waals surface area contributed by atoms with Gasteiger partial charge < -0.3 is 19.5 Å². The molecule has 0 atom stereocenters. The van der Waals surface area contributed by atoms with E-state index in [2.05, 4.69) is 5.32 Å². The third-order valence-corrected chi connectivity index (χ3v) is 3.43. The molecule has 0 saturated carbocycles. The van der Waals surface area contributed by atoms with Crippen molar-refractivity contribution in [3.05, 3.63) is 53.6 Å². The van der Waals surface area contributed by atoms with Crippen molar-refractivity contribution in [2.24, 2.45) is 0 Å². The summed E-state index contributed by atoms with van der Waals surface area (Å²) < 4.78 is 15.7. The van der Waals surface area contributed by atoms with E-state index < -0.39 is 0 Å². The van der Waals surface area contributed by atoms with E-state index in [9.17, 15) is 9.59 Å². The highest BCUT2D eigenvalue weighted by atomic mass is 16.5. The highest BCUT2D eigenvalue weighted by Gasteiger charge is 2.17. The van der Waals surface area contributed by atoms with Gasteiger partial charge in [-0.2, -0.15) is 0 Å². The minimum Gasteiger partial charge on any atom is -0.493 e. The molecular formula is C18H19NO5. The Morgan fingerprint density at radius 3 is 1.96 bits per heavy atom. The van der Waals surface area contributed by atoms with Crippen LogP contribution in [0.15, 0.2) is 42.5 Å². The second-order valence-electron chi connectivity index (χ2n) is 4.89. The van der Waals surface area contributed by atoms with E-state index >= 15 is 0 Å². The molecule has 0 aliphatic rings. The topological polar surface area (TPSA) is 73.9 Å². The predicted octanol–water partition coefficient (Wildman–Crippen LogP) is 2.33. The summed E-state index contributed by atoms with van der Waals surface area (Å²) in [7, 11) is 4.44. The predicted molar refractivity (Wildman–Crippen MR) is 89.2 cm³/mol. The number of ketones is 1. The molecule has 0 radical (unpaired) electrons. The number of rotatable bonds is 7. The van der Waals surface area contributed by atoms with Gasteiger partial charge in [-0.25, -0.2) is 0 Å². The highest BCUT2D eigenvalue weighted by molar-refractivity contribution is 6.02. The van der Waals surface area contributed by atoms with Gasteiger partial charge in [-0.3, -0.25) is 9.59 Å². The maximum atomic E-state index is 12.3. The zero-order valence-corrected chi connectivity index (χ0v) is 13.8. The maximum absolute atomic E-state index is 12.3. The van der Waals surface area contributed by atoms with Gasteiger partial charge >= 0.3 is 0 Å². The number of hydrogen-bond donors (Lipinski definition) is 1. The van der Waals surface area contributed by atoms with E-state index in [0.29, 0.717) is 28.4 Å². The van der Waals surface area contributed by atoms with Crippen LogP contribution < -0.4 is 19.5 Å². The molecule has 126 valence electrons. The van der Waals surface area contributed by atoms with Gasteiger partial charge in [0.2, 0.25) is 5.75 Å². The van der Waals surface area contributed by atoms with E-state index in [0.717, 1.165) is 0 Å². The first-order valence-electron chi connectivity index (χ1n) is 7.27. The normalized spacial score (nSPS) is 9.96. The van der Waals surface area contributed by atoms with Gasteiger partial charge in [0.15, 0.2) is 17.3 Å². The molecule has 2 aromatic carbocycles. The zero-order chi connectivity index (χ0) is 17.5. The molecule has 0 saturated heterocycles. The van der Waals surface area contributed by atoms with E-state index in [1.807, 2.05) is 6.07 Å². The first kappa shape index (κ1) is 17.3. The quantitative estimate of drug-likeness (QED) is 0.789. The van der Waals surface area contributed by atoms with E-state index in [-0.39, 0.29) is 18.2 Å². The fraction of sp³-hybridized carbons (Fsp3) is 0.222. The molecule has 0 heterocycles. The standard InChI is InChI=1S/C18H19NO5/c1-22-15-9-13(10-16(23-2)17(15)24-3)14(20)11-19-18(21)12-7-5-4-6-8-12/h4-10H,11H2,1-3H3,(H,19,21). The van der Waals surface area contributed by atoms with Crippen LogP contribution in [0, 0.1) is 0 Å². The average molecular weight is 329 g/mol. The lowest BCUT2D eigenvalue weighted by Crippen LogP contribution is -2.29. The molecule has 6 heteroatoms. The number of nitrogens with one attached hydrogen (secondary N) is 1. The van der Waals surface area contributed by atoms with Crippen LogP contribution in [-0.2, 0) is 0 Å². The Hall–Kier alpha value is -3.02. The second kappa shape index (κ2) is 8.01. The number of ether oxygens (including phenoxy) is 3. The molecule has 0 aliphatic carbocycles. The number of Topliss-reactive ketones (excluding diaryl/α,β-unsaturated/α-hetero) is 1. The second-order valence-corrected chi connectivity index (χ2v) is 4.89. The molecule has 0 aliphatic heterocycles. The first-order chi connectivity index (χ1) is 11.6. The van der Waals surface area contributed by atoms with Crippen molar-refractivity contribution in [3.8, 4) is 17.2 Å². The molecule has 2 aromatic rings. The van der Waals surface area contributed by atoms with Crippen molar-refractivity contribution in [2.75, 3.05) is 27.9 Å². The van der Waals surface area contributed by atoms with Gasteiger partial charge in [0.05, 0.1) is 27.9 Å². The monoisotopic (exact) mass is 329 g/mol. The summed E-state index contributed by atoms with van der Waals surface area (Å²) >= 11 is 0. The van der Waals surface area contributed by atoms with Gasteiger partial charge in [-0.15, -0.1) is 0 Å². The van der Waals surface area contributed by atoms with Crippen LogP contribution >= 0.6 is 0 Å². The average Bonchev–Trinajstić information content (AvgIpc) is 2.65. The summed E-state index contributed by atoms with van der Waals surface area (Å²) in [6.45, 7) is -0.133. The molecule has 2 rings (SSSR count). The van der Waals surface area contributed by atoms with Crippen LogP contribution in [0.2, 0.25) is 0 Å². The molecule has 24 heavy (non-hydrogen) atoms. The Morgan fingerprint density at radius 1 is 0.875 bits per heavy atom. The van der Waals surface area contributed by atoms with Crippen molar-refractivity contribution in [1.29, 1.82) is 0 Å². The summed E-state index contributed by atoms with van der Waals surface area (Å²) in [5.74, 6) is 0.601. The van der Waals surface area contributed by atoms with Crippen LogP contribution in [0.5, 0.6) is 17.2 Å². The van der Waals surface area contributed by atoms with Gasteiger partial charge in [-0.05, 0) is 24.3 Å². The summed E-state index contributed by atoms with van der Waals surface area (Å²) in [5.41, 5.74) is 0.855. The molecule has 0 aromatic heterocycles. The minimum absolute atomic E-state index is 0.133. The molecule has 0 unspecified atom stereocenters. The Bertz CT molecular complexity index is 702. The van der Waals surface area contributed by atoms with E-state index in [1.165, 1.54) is 21.3 Å². The van der Waals surface area contributed by atoms with Crippen LogP contribution in [0.1, 0.15) is 20.7 Å². The third kappa shape index (κ3) is 3.84. The first-order valence-corrected chi connectivity index (χ1v) is 7.27. The molecule has 1 amide bonds. The molecular weight excluding hydrogens is 310 g/mol. The van der Waals surface area contributed by atoms with Crippen molar-refractivity contribution in [3.63, 3.8) is 0 Å². The number of benzene rings is 2. The van der Waals surface area contributed by atoms with Crippen molar-refractivity contribution in [2.45, 2.75) is 0 Å². The van der Waals surface area contributed by atoms with Crippen LogP contribution in [0.3, 0.4) is 0 Å².